The SMILES string of the molecule is C=CCCNC(=O)C(N)COC. The van der Waals surface area contributed by atoms with Crippen LogP contribution in [0.3, 0.4) is 0 Å². The Morgan fingerprint density at radius 2 is 2.50 bits per heavy atom. The summed E-state index contributed by atoms with van der Waals surface area (Å²) < 4.78 is 4.73. The topological polar surface area (TPSA) is 64.4 Å². The summed E-state index contributed by atoms with van der Waals surface area (Å²) in [4.78, 5) is 11.1. The lowest BCUT2D eigenvalue weighted by atomic mass is 10.3. The summed E-state index contributed by atoms with van der Waals surface area (Å²) in [5, 5.41) is 2.65. The van der Waals surface area contributed by atoms with Crippen LogP contribution in [0.15, 0.2) is 12.7 Å². The van der Waals surface area contributed by atoms with Gasteiger partial charge in [-0.1, -0.05) is 6.08 Å². The van der Waals surface area contributed by atoms with Gasteiger partial charge in [0.25, 0.3) is 0 Å². The van der Waals surface area contributed by atoms with Gasteiger partial charge in [0.15, 0.2) is 0 Å². The van der Waals surface area contributed by atoms with E-state index < -0.39 is 6.04 Å². The standard InChI is InChI=1S/C8H16N2O2/c1-3-4-5-10-8(11)7(9)6-12-2/h3,7H,1,4-6,9H2,2H3,(H,10,11). The molecule has 0 spiro atoms. The maximum Gasteiger partial charge on any atom is 0.239 e. The van der Waals surface area contributed by atoms with Gasteiger partial charge in [0.1, 0.15) is 6.04 Å². The Morgan fingerprint density at radius 1 is 1.83 bits per heavy atom. The molecule has 0 aromatic carbocycles. The van der Waals surface area contributed by atoms with Gasteiger partial charge in [-0.25, -0.2) is 0 Å². The third-order valence-corrected chi connectivity index (χ3v) is 1.33. The second-order valence-corrected chi connectivity index (χ2v) is 2.43. The zero-order valence-corrected chi connectivity index (χ0v) is 7.38. The van der Waals surface area contributed by atoms with Crippen molar-refractivity contribution in [2.45, 2.75) is 12.5 Å². The molecule has 0 aliphatic heterocycles. The van der Waals surface area contributed by atoms with Crippen molar-refractivity contribution in [1.29, 1.82) is 0 Å². The molecule has 0 saturated heterocycles. The molecule has 0 aliphatic rings. The van der Waals surface area contributed by atoms with E-state index in [0.29, 0.717) is 6.54 Å². The molecule has 1 unspecified atom stereocenters. The van der Waals surface area contributed by atoms with E-state index in [0.717, 1.165) is 6.42 Å². The van der Waals surface area contributed by atoms with Gasteiger partial charge in [-0.05, 0) is 6.42 Å². The lowest BCUT2D eigenvalue weighted by Crippen LogP contribution is -2.43. The lowest BCUT2D eigenvalue weighted by molar-refractivity contribution is -0.123. The van der Waals surface area contributed by atoms with Crippen LogP contribution in [0.5, 0.6) is 0 Å². The van der Waals surface area contributed by atoms with E-state index in [1.165, 1.54) is 7.11 Å². The molecular formula is C8H16N2O2. The predicted molar refractivity (Wildman–Crippen MR) is 47.7 cm³/mol. The minimum atomic E-state index is -0.570. The van der Waals surface area contributed by atoms with Gasteiger partial charge < -0.3 is 15.8 Å². The second-order valence-electron chi connectivity index (χ2n) is 2.43. The maximum absolute atomic E-state index is 11.1. The Bertz CT molecular complexity index is 148. The fourth-order valence-corrected chi connectivity index (χ4v) is 0.684. The number of rotatable bonds is 6. The molecule has 0 aromatic rings. The highest BCUT2D eigenvalue weighted by Crippen LogP contribution is 1.81. The molecule has 0 heterocycles. The van der Waals surface area contributed by atoms with Crippen LogP contribution < -0.4 is 11.1 Å². The monoisotopic (exact) mass is 172 g/mol. The summed E-state index contributed by atoms with van der Waals surface area (Å²) in [6, 6.07) is -0.570. The molecule has 1 atom stereocenters. The first-order valence-electron chi connectivity index (χ1n) is 3.85. The smallest absolute Gasteiger partial charge is 0.239 e. The van der Waals surface area contributed by atoms with Crippen LogP contribution in [-0.4, -0.2) is 32.2 Å². The van der Waals surface area contributed by atoms with Crippen LogP contribution in [0, 0.1) is 0 Å². The van der Waals surface area contributed by atoms with Crippen LogP contribution >= 0.6 is 0 Å². The molecule has 0 radical (unpaired) electrons. The third-order valence-electron chi connectivity index (χ3n) is 1.33. The minimum Gasteiger partial charge on any atom is -0.383 e. The zero-order valence-electron chi connectivity index (χ0n) is 7.38. The van der Waals surface area contributed by atoms with Gasteiger partial charge in [0, 0.05) is 13.7 Å². The van der Waals surface area contributed by atoms with Crippen LogP contribution in [-0.2, 0) is 9.53 Å². The van der Waals surface area contributed by atoms with Crippen LogP contribution in [0.2, 0.25) is 0 Å². The van der Waals surface area contributed by atoms with Crippen LogP contribution in [0.1, 0.15) is 6.42 Å². The van der Waals surface area contributed by atoms with Crippen molar-refractivity contribution >= 4 is 5.91 Å². The summed E-state index contributed by atoms with van der Waals surface area (Å²) in [5.74, 6) is -0.182. The van der Waals surface area contributed by atoms with Crippen molar-refractivity contribution in [3.8, 4) is 0 Å². The van der Waals surface area contributed by atoms with E-state index in [9.17, 15) is 4.79 Å². The molecule has 0 fully saturated rings. The van der Waals surface area contributed by atoms with E-state index in [1.807, 2.05) is 0 Å². The molecule has 70 valence electrons. The second kappa shape index (κ2) is 6.82. The summed E-state index contributed by atoms with van der Waals surface area (Å²) >= 11 is 0. The predicted octanol–water partition coefficient (Wildman–Crippen LogP) is -0.348. The maximum atomic E-state index is 11.1. The van der Waals surface area contributed by atoms with Gasteiger partial charge >= 0.3 is 0 Å². The number of nitrogens with one attached hydrogen (secondary N) is 1. The molecule has 3 N–H and O–H groups in total. The normalized spacial score (nSPS) is 12.2. The van der Waals surface area contributed by atoms with E-state index in [-0.39, 0.29) is 12.5 Å². The first kappa shape index (κ1) is 11.1. The van der Waals surface area contributed by atoms with Crippen molar-refractivity contribution in [2.75, 3.05) is 20.3 Å². The molecular weight excluding hydrogens is 156 g/mol. The molecule has 0 aliphatic carbocycles. The number of carbonyl (C=O) groups is 1. The van der Waals surface area contributed by atoms with Gasteiger partial charge in [-0.3, -0.25) is 4.79 Å². The van der Waals surface area contributed by atoms with Gasteiger partial charge in [-0.2, -0.15) is 0 Å². The highest BCUT2D eigenvalue weighted by atomic mass is 16.5. The largest absolute Gasteiger partial charge is 0.383 e. The highest BCUT2D eigenvalue weighted by molar-refractivity contribution is 5.81. The van der Waals surface area contributed by atoms with E-state index in [1.54, 1.807) is 6.08 Å². The molecule has 0 saturated carbocycles. The number of hydrogen-bond acceptors (Lipinski definition) is 3. The fraction of sp³-hybridized carbons (Fsp3) is 0.625. The Labute approximate surface area is 72.8 Å². The van der Waals surface area contributed by atoms with Gasteiger partial charge in [0.05, 0.1) is 6.61 Å². The fourth-order valence-electron chi connectivity index (χ4n) is 0.684. The minimum absolute atomic E-state index is 0.182. The van der Waals surface area contributed by atoms with Crippen molar-refractivity contribution < 1.29 is 9.53 Å². The number of hydrogen-bond donors (Lipinski definition) is 2. The van der Waals surface area contributed by atoms with E-state index in [2.05, 4.69) is 11.9 Å². The Balaban J connectivity index is 3.49. The van der Waals surface area contributed by atoms with Crippen LogP contribution in [0.25, 0.3) is 0 Å². The van der Waals surface area contributed by atoms with Crippen molar-refractivity contribution in [3.63, 3.8) is 0 Å². The number of amides is 1. The Morgan fingerprint density at radius 3 is 3.00 bits per heavy atom. The van der Waals surface area contributed by atoms with Crippen LogP contribution in [0.4, 0.5) is 0 Å². The molecule has 0 rings (SSSR count). The van der Waals surface area contributed by atoms with Gasteiger partial charge in [-0.15, -0.1) is 6.58 Å². The number of carbonyl (C=O) groups excluding carboxylic acids is 1. The molecule has 0 aromatic heterocycles. The van der Waals surface area contributed by atoms with Crippen molar-refractivity contribution in [3.05, 3.63) is 12.7 Å². The first-order valence-corrected chi connectivity index (χ1v) is 3.85. The zero-order chi connectivity index (χ0) is 9.40. The summed E-state index contributed by atoms with van der Waals surface area (Å²) in [7, 11) is 1.51. The summed E-state index contributed by atoms with van der Waals surface area (Å²) in [5.41, 5.74) is 5.45. The highest BCUT2D eigenvalue weighted by Gasteiger charge is 2.10. The average Bonchev–Trinajstić information content (AvgIpc) is 2.05. The summed E-state index contributed by atoms with van der Waals surface area (Å²) in [6.07, 6.45) is 2.49. The van der Waals surface area contributed by atoms with Gasteiger partial charge in [0.2, 0.25) is 5.91 Å². The molecule has 0 bridgehead atoms. The Kier molecular flexibility index (Phi) is 6.32. The molecule has 4 nitrogen and oxygen atoms in total. The van der Waals surface area contributed by atoms with Crippen molar-refractivity contribution in [2.24, 2.45) is 5.73 Å². The average molecular weight is 172 g/mol. The molecule has 1 amide bonds. The number of nitrogens with two attached hydrogens (primary N) is 1. The third kappa shape index (κ3) is 4.87. The quantitative estimate of drug-likeness (QED) is 0.425. The van der Waals surface area contributed by atoms with E-state index >= 15 is 0 Å². The number of ether oxygens (including phenoxy) is 1. The van der Waals surface area contributed by atoms with Crippen molar-refractivity contribution in [1.82, 2.24) is 5.32 Å². The molecule has 12 heavy (non-hydrogen) atoms. The van der Waals surface area contributed by atoms with E-state index in [4.69, 9.17) is 10.5 Å². The lowest BCUT2D eigenvalue weighted by Gasteiger charge is -2.09. The molecule has 4 heteroatoms. The summed E-state index contributed by atoms with van der Waals surface area (Å²) in [6.45, 7) is 4.36. The first-order chi connectivity index (χ1) is 5.72. The number of methoxy groups -OCH3 is 1. The Hall–Kier alpha value is -0.870.